The van der Waals surface area contributed by atoms with Crippen LogP contribution in [0.3, 0.4) is 0 Å². The lowest BCUT2D eigenvalue weighted by Gasteiger charge is -2.15. The van der Waals surface area contributed by atoms with Gasteiger partial charge in [-0.05, 0) is 30.5 Å². The summed E-state index contributed by atoms with van der Waals surface area (Å²) < 4.78 is 0. The third kappa shape index (κ3) is 3.03. The molecule has 3 amide bonds. The molecule has 1 aliphatic heterocycles. The van der Waals surface area contributed by atoms with Gasteiger partial charge in [-0.25, -0.2) is 0 Å². The van der Waals surface area contributed by atoms with Crippen LogP contribution in [-0.4, -0.2) is 29.2 Å². The van der Waals surface area contributed by atoms with Crippen molar-refractivity contribution >= 4 is 23.4 Å². The minimum atomic E-state index is -0.284. The van der Waals surface area contributed by atoms with Crippen LogP contribution in [0.25, 0.3) is 0 Å². The van der Waals surface area contributed by atoms with Crippen LogP contribution >= 0.6 is 0 Å². The number of nitrogens with zero attached hydrogens (tertiary/aromatic N) is 1. The summed E-state index contributed by atoms with van der Waals surface area (Å²) in [4.78, 5) is 37.8. The summed E-state index contributed by atoms with van der Waals surface area (Å²) in [5.41, 5.74) is 1.33. The summed E-state index contributed by atoms with van der Waals surface area (Å²) in [5.74, 6) is -0.505. The lowest BCUT2D eigenvalue weighted by atomic mass is 10.1. The van der Waals surface area contributed by atoms with Crippen molar-refractivity contribution in [1.29, 1.82) is 0 Å². The third-order valence-electron chi connectivity index (χ3n) is 3.85. The number of imide groups is 1. The van der Waals surface area contributed by atoms with Crippen LogP contribution in [0.5, 0.6) is 0 Å². The number of hydrogen-bond acceptors (Lipinski definition) is 3. The number of anilines is 1. The van der Waals surface area contributed by atoms with Crippen molar-refractivity contribution in [3.63, 3.8) is 0 Å². The molecule has 5 nitrogen and oxygen atoms in total. The third-order valence-corrected chi connectivity index (χ3v) is 3.85. The van der Waals surface area contributed by atoms with Gasteiger partial charge in [0.1, 0.15) is 0 Å². The van der Waals surface area contributed by atoms with Crippen molar-refractivity contribution in [2.75, 3.05) is 11.9 Å². The fourth-order valence-corrected chi connectivity index (χ4v) is 2.35. The predicted molar refractivity (Wildman–Crippen MR) is 84.7 cm³/mol. The Balaban J connectivity index is 2.24. The Morgan fingerprint density at radius 1 is 1.14 bits per heavy atom. The van der Waals surface area contributed by atoms with E-state index in [0.717, 1.165) is 6.42 Å². The molecule has 22 heavy (non-hydrogen) atoms. The lowest BCUT2D eigenvalue weighted by Crippen LogP contribution is -2.33. The SMILES string of the molecule is CC[C@H](C)C(=O)Nc1ccc2c(c1)C(=O)N(CC(C)C)C2=O. The zero-order valence-corrected chi connectivity index (χ0v) is 13.5. The van der Waals surface area contributed by atoms with Gasteiger partial charge in [-0.1, -0.05) is 27.7 Å². The number of carbonyl (C=O) groups is 3. The van der Waals surface area contributed by atoms with Crippen LogP contribution in [0, 0.1) is 11.8 Å². The summed E-state index contributed by atoms with van der Waals surface area (Å²) in [6.07, 6.45) is 0.746. The quantitative estimate of drug-likeness (QED) is 0.850. The molecule has 1 aromatic rings. The molecule has 1 atom stereocenters. The molecule has 0 radical (unpaired) electrons. The van der Waals surface area contributed by atoms with Gasteiger partial charge in [0, 0.05) is 18.2 Å². The molecule has 1 aliphatic rings. The van der Waals surface area contributed by atoms with Crippen molar-refractivity contribution in [2.24, 2.45) is 11.8 Å². The van der Waals surface area contributed by atoms with Crippen molar-refractivity contribution < 1.29 is 14.4 Å². The average Bonchev–Trinajstić information content (AvgIpc) is 2.71. The standard InChI is InChI=1S/C17H22N2O3/c1-5-11(4)15(20)18-12-6-7-13-14(8-12)17(22)19(16(13)21)9-10(2)3/h6-8,10-11H,5,9H2,1-4H3,(H,18,20)/t11-/m0/s1. The zero-order valence-electron chi connectivity index (χ0n) is 13.5. The molecule has 0 saturated heterocycles. The predicted octanol–water partition coefficient (Wildman–Crippen LogP) is 2.92. The molecule has 118 valence electrons. The van der Waals surface area contributed by atoms with Gasteiger partial charge < -0.3 is 5.32 Å². The van der Waals surface area contributed by atoms with Crippen LogP contribution in [-0.2, 0) is 4.79 Å². The maximum absolute atomic E-state index is 12.4. The van der Waals surface area contributed by atoms with Crippen LogP contribution < -0.4 is 5.32 Å². The smallest absolute Gasteiger partial charge is 0.261 e. The minimum absolute atomic E-state index is 0.0849. The molecule has 0 unspecified atom stereocenters. The van der Waals surface area contributed by atoms with E-state index >= 15 is 0 Å². The maximum atomic E-state index is 12.4. The Morgan fingerprint density at radius 3 is 2.36 bits per heavy atom. The molecule has 0 aromatic heterocycles. The van der Waals surface area contributed by atoms with E-state index < -0.39 is 0 Å². The van der Waals surface area contributed by atoms with Crippen molar-refractivity contribution in [3.8, 4) is 0 Å². The van der Waals surface area contributed by atoms with Gasteiger partial charge in [0.25, 0.3) is 11.8 Å². The van der Waals surface area contributed by atoms with E-state index in [1.54, 1.807) is 18.2 Å². The summed E-state index contributed by atoms with van der Waals surface area (Å²) in [5, 5.41) is 2.79. The van der Waals surface area contributed by atoms with Crippen LogP contribution in [0.1, 0.15) is 54.8 Å². The van der Waals surface area contributed by atoms with E-state index in [0.29, 0.717) is 23.4 Å². The summed E-state index contributed by atoms with van der Waals surface area (Å²) in [7, 11) is 0. The largest absolute Gasteiger partial charge is 0.326 e. The number of nitrogens with one attached hydrogen (secondary N) is 1. The van der Waals surface area contributed by atoms with Gasteiger partial charge in [-0.2, -0.15) is 0 Å². The molecule has 0 aliphatic carbocycles. The maximum Gasteiger partial charge on any atom is 0.261 e. The highest BCUT2D eigenvalue weighted by Crippen LogP contribution is 2.26. The second-order valence-electron chi connectivity index (χ2n) is 6.17. The number of fused-ring (bicyclic) bond motifs is 1. The van der Waals surface area contributed by atoms with Crippen LogP contribution in [0.2, 0.25) is 0 Å². The Bertz CT molecular complexity index is 622. The first-order chi connectivity index (χ1) is 10.3. The summed E-state index contributed by atoms with van der Waals surface area (Å²) >= 11 is 0. The first-order valence-corrected chi connectivity index (χ1v) is 7.66. The normalized spacial score (nSPS) is 15.2. The molecular weight excluding hydrogens is 280 g/mol. The number of amides is 3. The number of benzene rings is 1. The highest BCUT2D eigenvalue weighted by atomic mass is 16.2. The first kappa shape index (κ1) is 16.2. The number of hydrogen-bond donors (Lipinski definition) is 1. The highest BCUT2D eigenvalue weighted by Gasteiger charge is 2.35. The van der Waals surface area contributed by atoms with Crippen LogP contribution in [0.15, 0.2) is 18.2 Å². The van der Waals surface area contributed by atoms with Gasteiger partial charge in [0.15, 0.2) is 0 Å². The Hall–Kier alpha value is -2.17. The molecule has 2 rings (SSSR count). The van der Waals surface area contributed by atoms with Gasteiger partial charge in [0.2, 0.25) is 5.91 Å². The Morgan fingerprint density at radius 2 is 1.77 bits per heavy atom. The van der Waals surface area contributed by atoms with Crippen molar-refractivity contribution in [1.82, 2.24) is 4.90 Å². The van der Waals surface area contributed by atoms with E-state index in [1.807, 2.05) is 27.7 Å². The van der Waals surface area contributed by atoms with Gasteiger partial charge in [-0.15, -0.1) is 0 Å². The summed E-state index contributed by atoms with van der Waals surface area (Å²) in [6, 6.07) is 4.88. The second-order valence-corrected chi connectivity index (χ2v) is 6.17. The van der Waals surface area contributed by atoms with E-state index in [1.165, 1.54) is 4.90 Å². The Labute approximate surface area is 130 Å². The molecule has 0 fully saturated rings. The van der Waals surface area contributed by atoms with Crippen molar-refractivity contribution in [2.45, 2.75) is 34.1 Å². The lowest BCUT2D eigenvalue weighted by molar-refractivity contribution is -0.119. The summed E-state index contributed by atoms with van der Waals surface area (Å²) in [6.45, 7) is 8.12. The molecule has 0 spiro atoms. The molecular formula is C17H22N2O3. The first-order valence-electron chi connectivity index (χ1n) is 7.66. The van der Waals surface area contributed by atoms with E-state index in [-0.39, 0.29) is 29.6 Å². The second kappa shape index (κ2) is 6.30. The molecule has 1 N–H and O–H groups in total. The molecule has 0 bridgehead atoms. The minimum Gasteiger partial charge on any atom is -0.326 e. The monoisotopic (exact) mass is 302 g/mol. The van der Waals surface area contributed by atoms with Gasteiger partial charge >= 0.3 is 0 Å². The number of rotatable bonds is 5. The average molecular weight is 302 g/mol. The van der Waals surface area contributed by atoms with E-state index in [9.17, 15) is 14.4 Å². The topological polar surface area (TPSA) is 66.5 Å². The van der Waals surface area contributed by atoms with Gasteiger partial charge in [-0.3, -0.25) is 19.3 Å². The van der Waals surface area contributed by atoms with Crippen molar-refractivity contribution in [3.05, 3.63) is 29.3 Å². The van der Waals surface area contributed by atoms with E-state index in [2.05, 4.69) is 5.32 Å². The zero-order chi connectivity index (χ0) is 16.4. The van der Waals surface area contributed by atoms with E-state index in [4.69, 9.17) is 0 Å². The number of carbonyl (C=O) groups excluding carboxylic acids is 3. The van der Waals surface area contributed by atoms with Gasteiger partial charge in [0.05, 0.1) is 11.1 Å². The fraction of sp³-hybridized carbons (Fsp3) is 0.471. The fourth-order valence-electron chi connectivity index (χ4n) is 2.35. The molecule has 0 saturated carbocycles. The highest BCUT2D eigenvalue weighted by molar-refractivity contribution is 6.21. The molecule has 1 heterocycles. The molecule has 5 heteroatoms. The van der Waals surface area contributed by atoms with Crippen LogP contribution in [0.4, 0.5) is 5.69 Å². The molecule has 1 aromatic carbocycles. The Kier molecular flexibility index (Phi) is 4.64.